The van der Waals surface area contributed by atoms with Crippen LogP contribution in [0.3, 0.4) is 0 Å². The van der Waals surface area contributed by atoms with Crippen molar-refractivity contribution in [3.63, 3.8) is 0 Å². The maximum atomic E-state index is 12.2. The Morgan fingerprint density at radius 2 is 0.591 bits per heavy atom. The number of nitrogens with zero attached hydrogens (tertiary/aromatic N) is 10. The van der Waals surface area contributed by atoms with Gasteiger partial charge in [-0.05, 0) is 65.2 Å². The zero-order chi connectivity index (χ0) is 89.4. The number of carbonyl (C=O) groups is 8. The number of aliphatic hydroxyl groups is 3. The van der Waals surface area contributed by atoms with Crippen LogP contribution in [0.2, 0.25) is 0 Å². The zero-order valence-electron chi connectivity index (χ0n) is 69.9. The first-order valence-corrected chi connectivity index (χ1v) is 36.9. The van der Waals surface area contributed by atoms with E-state index in [4.69, 9.17) is 66.6 Å². The Kier molecular flexibility index (Phi) is 74.3. The summed E-state index contributed by atoms with van der Waals surface area (Å²) in [6.45, 7) is 8.73. The molecule has 6 radical (unpaired) electrons. The number of methoxy groups -OCH3 is 2. The average Bonchev–Trinajstić information content (AvgIpc) is 1.65. The maximum absolute atomic E-state index is 12.2. The second kappa shape index (κ2) is 72.8. The van der Waals surface area contributed by atoms with Crippen LogP contribution in [0.1, 0.15) is 141 Å². The Morgan fingerprint density at radius 1 is 0.362 bits per heavy atom. The Bertz CT molecular complexity index is 4830. The minimum absolute atomic E-state index is 0. The standard InChI is InChI=1S/C20H16N2O4.C14H12N2O4.C13H10N2O4.C12H14N2O2.C8H5NO3.C7H7Br.C6H9NO2.C5H6BrNO.BrH.H4N2.6Y/c1-2-15(18(21)25-12-14-8-4-3-5-9-14)13-26-22-19(23)16-10-6-7-11-17(16)20(22)24;1-3-9(12(15)19-2)8-20-16-13(17)10-6-4-5-7-11(10)14(16)18;1-2-8(11(14)16)7-19-15-12(17)9-5-3-4-6-10(9)13(15)18;1-2-11(9-16-14)12(13)15-8-10-6-4-3-5-7-10;10-7-5-3-1-2-4-6(5)8(11)9(7)12;8-6-7-4-2-1-3-5-7;1-3-5(4-8)6(7)9-2;1-2-4(3-8)5(6)7;;1-2;;;;;;/h3-11H,12-13H2,1H3;4-7H,8H2,1-2H3;3-6H,7H2,1H3,(H-,14,16);3-7H,8-9,14H2,1H3;1-4,12H;1-5H,6H2;8H,4H2,1-2H3;8H,3H2,1H3;1H;1-2H2;;;;;;/q4*-2;;;2*-2;;;;;;;;. The molecule has 0 aromatic heterocycles. The normalized spacial score (nSPS) is 12.3. The molecular formula is C85H84Br3N13O20Y6-12. The molecule has 4 aliphatic rings. The number of hydrogen-bond acceptors (Lipinski definition) is 22. The van der Waals surface area contributed by atoms with Crippen LogP contribution in [0.15, 0.2) is 221 Å². The topological polar surface area (TPSA) is 516 Å². The van der Waals surface area contributed by atoms with Crippen molar-refractivity contribution in [1.29, 1.82) is 0 Å². The minimum atomic E-state index is -0.959. The molecule has 8 amide bonds. The largest absolute Gasteiger partial charge is 0.898 e. The molecule has 11 rings (SSSR count). The number of nitrogens with two attached hydrogens (primary N) is 3. The fourth-order valence-corrected chi connectivity index (χ4v) is 10.1. The molecule has 0 unspecified atom stereocenters. The molecular weight excluding hydrogens is 2300 g/mol. The Morgan fingerprint density at radius 3 is 0.795 bits per heavy atom. The molecule has 0 saturated heterocycles. The molecule has 4 heterocycles. The van der Waals surface area contributed by atoms with Gasteiger partial charge in [0.1, 0.15) is 0 Å². The Balaban J connectivity index is -0.000000455. The van der Waals surface area contributed by atoms with Crippen LogP contribution < -0.4 is 17.6 Å². The van der Waals surface area contributed by atoms with E-state index in [9.17, 15) is 54.6 Å². The smallest absolute Gasteiger partial charge is 0.285 e. The van der Waals surface area contributed by atoms with Gasteiger partial charge in [0.25, 0.3) is 47.3 Å². The van der Waals surface area contributed by atoms with Crippen molar-refractivity contribution in [3.8, 4) is 0 Å². The van der Waals surface area contributed by atoms with Gasteiger partial charge in [-0.25, -0.2) is 27.4 Å². The monoisotopic (exact) mass is 2380 g/mol. The molecule has 127 heavy (non-hydrogen) atoms. The molecule has 0 fully saturated rings. The number of carbonyl (C=O) groups excluding carboxylic acids is 8. The molecule has 4 aliphatic heterocycles. The number of halogens is 3. The van der Waals surface area contributed by atoms with Crippen LogP contribution in [-0.4, -0.2) is 176 Å². The Labute approximate surface area is 914 Å². The number of hydroxylamine groups is 8. The van der Waals surface area contributed by atoms with Crippen molar-refractivity contribution >= 4 is 130 Å². The van der Waals surface area contributed by atoms with E-state index in [-0.39, 0.29) is 348 Å². The molecule has 7 aromatic carbocycles. The summed E-state index contributed by atoms with van der Waals surface area (Å²) < 4.78 is 19.5. The summed E-state index contributed by atoms with van der Waals surface area (Å²) in [5.74, 6) is 6.13. The van der Waals surface area contributed by atoms with Crippen LogP contribution in [-0.2, 0) is 253 Å². The quantitative estimate of drug-likeness (QED) is 0.00432. The molecule has 0 bridgehead atoms. The average molecular weight is 2380 g/mol. The summed E-state index contributed by atoms with van der Waals surface area (Å²) in [4.78, 5) is 114. The van der Waals surface area contributed by atoms with E-state index in [1.165, 1.54) is 51.0 Å². The predicted molar refractivity (Wildman–Crippen MR) is 462 cm³/mol. The third-order valence-electron chi connectivity index (χ3n) is 15.8. The third kappa shape index (κ3) is 41.9. The molecule has 0 saturated carbocycles. The van der Waals surface area contributed by atoms with Crippen LogP contribution >= 0.6 is 48.8 Å². The first-order valence-electron chi connectivity index (χ1n) is 35.0. The maximum Gasteiger partial charge on any atom is 0.285 e. The van der Waals surface area contributed by atoms with Crippen molar-refractivity contribution in [2.45, 2.75) is 60.1 Å². The summed E-state index contributed by atoms with van der Waals surface area (Å²) in [5.41, 5.74) is 6.81. The van der Waals surface area contributed by atoms with Gasteiger partial charge in [0.15, 0.2) is 0 Å². The summed E-state index contributed by atoms with van der Waals surface area (Å²) in [7, 11) is 2.61. The molecule has 10 N–H and O–H groups in total. The van der Waals surface area contributed by atoms with Gasteiger partial charge in [-0.3, -0.25) is 111 Å². The SMILES string of the molecule is Br.BrCc1ccccc1.C[C-]=C(CO)C(=[N-])Br.C[C-]=C(CO)C(=[N-])OC.C[C-]=C(CON)C(=[N-])OCc1ccccc1.C[C-]=C(CON1C(=O)c2ccccc2C1=O)C(=[N-])O.C[C-]=C(CON1C(=O)c2ccccc2C1=O)C(=[N-])OC.C[C-]=C(CON1C(=O)c2ccccc2C1=O)C(=[N-])OCc1ccccc1.NN.O=C1c2ccccc2C(=O)N1O.[Y].[Y].[Y].[Y].[Y].[Y]. The number of alkyl halides is 1. The summed E-state index contributed by atoms with van der Waals surface area (Å²) >= 11 is 6.13. The predicted octanol–water partition coefficient (Wildman–Crippen LogP) is 12.1. The van der Waals surface area contributed by atoms with E-state index < -0.39 is 53.2 Å². The zero-order valence-corrected chi connectivity index (χ0v) is 91.8. The first kappa shape index (κ1) is 130. The number of allylic oxidation sites excluding steroid dienone is 6. The first-order chi connectivity index (χ1) is 57.7. The van der Waals surface area contributed by atoms with Crippen molar-refractivity contribution in [2.75, 3.05) is 53.9 Å². The van der Waals surface area contributed by atoms with E-state index in [1.54, 1.807) is 107 Å². The number of imide groups is 4. The summed E-state index contributed by atoms with van der Waals surface area (Å²) in [6.07, 6.45) is 15.8. The van der Waals surface area contributed by atoms with Crippen molar-refractivity contribution in [1.82, 2.24) is 20.3 Å². The van der Waals surface area contributed by atoms with Crippen LogP contribution in [0.4, 0.5) is 0 Å². The molecule has 42 heteroatoms. The van der Waals surface area contributed by atoms with E-state index in [2.05, 4.69) is 106 Å². The van der Waals surface area contributed by atoms with Gasteiger partial charge < -0.3 is 71.6 Å². The molecule has 33 nitrogen and oxygen atoms in total. The fraction of sp³-hybridized carbons (Fsp3) is 0.200. The van der Waals surface area contributed by atoms with Gasteiger partial charge in [-0.2, -0.15) is 57.4 Å². The molecule has 660 valence electrons. The third-order valence-corrected chi connectivity index (χ3v) is 16.9. The molecule has 0 spiro atoms. The number of aliphatic hydroxyl groups excluding tert-OH is 3. The minimum Gasteiger partial charge on any atom is -0.898 e. The van der Waals surface area contributed by atoms with Crippen molar-refractivity contribution in [3.05, 3.63) is 352 Å². The number of fused-ring (bicyclic) bond motifs is 4. The Hall–Kier alpha value is -5.78. The summed E-state index contributed by atoms with van der Waals surface area (Å²) in [6, 6.07) is 54.7. The van der Waals surface area contributed by atoms with Gasteiger partial charge in [0.05, 0.1) is 98.4 Å². The fourth-order valence-electron chi connectivity index (χ4n) is 9.41. The van der Waals surface area contributed by atoms with Gasteiger partial charge in [0, 0.05) is 215 Å². The molecule has 0 aliphatic carbocycles. The molecule has 7 aromatic rings. The number of amides is 8. The van der Waals surface area contributed by atoms with Crippen molar-refractivity contribution < 1.29 is 293 Å². The van der Waals surface area contributed by atoms with Crippen molar-refractivity contribution in [2.24, 2.45) is 17.6 Å². The second-order valence-electron chi connectivity index (χ2n) is 23.0. The van der Waals surface area contributed by atoms with E-state index in [0.29, 0.717) is 44.1 Å². The summed E-state index contributed by atoms with van der Waals surface area (Å²) in [5, 5.41) is 93.0. The van der Waals surface area contributed by atoms with Crippen LogP contribution in [0.5, 0.6) is 0 Å². The van der Waals surface area contributed by atoms with Crippen LogP contribution in [0.25, 0.3) is 32.5 Å². The number of benzene rings is 7. The second-order valence-corrected chi connectivity index (χ2v) is 24.4. The number of hydrogen-bond donors (Lipinski definition) is 7. The van der Waals surface area contributed by atoms with Gasteiger partial charge in [-0.15, -0.1) is 78.8 Å². The number of ether oxygens (including phenoxy) is 4. The van der Waals surface area contributed by atoms with Crippen LogP contribution in [0, 0.1) is 36.5 Å². The van der Waals surface area contributed by atoms with Gasteiger partial charge in [0.2, 0.25) is 0 Å². The van der Waals surface area contributed by atoms with E-state index in [1.807, 2.05) is 78.9 Å². The molecule has 0 atom stereocenters. The van der Waals surface area contributed by atoms with E-state index in [0.717, 1.165) is 16.5 Å². The van der Waals surface area contributed by atoms with Gasteiger partial charge >= 0.3 is 0 Å². The van der Waals surface area contributed by atoms with Gasteiger partial charge in [-0.1, -0.05) is 155 Å². The number of rotatable bonds is 24. The number of hydrazine groups is 1. The van der Waals surface area contributed by atoms with E-state index >= 15 is 0 Å².